The number of para-hydroxylation sites is 2. The number of hydrogen-bond donors (Lipinski definition) is 1. The van der Waals surface area contributed by atoms with Crippen molar-refractivity contribution in [2.24, 2.45) is 0 Å². The van der Waals surface area contributed by atoms with Gasteiger partial charge in [-0.25, -0.2) is 4.98 Å². The summed E-state index contributed by atoms with van der Waals surface area (Å²) in [4.78, 5) is 6.91. The van der Waals surface area contributed by atoms with Crippen molar-refractivity contribution in [2.75, 3.05) is 26.2 Å². The number of hydrogen-bond acceptors (Lipinski definition) is 5. The highest BCUT2D eigenvalue weighted by Crippen LogP contribution is 2.29. The fraction of sp³-hybridized carbons (Fsp3) is 0.409. The Balaban J connectivity index is 1.21. The van der Waals surface area contributed by atoms with E-state index in [1.165, 1.54) is 0 Å². The SMILES string of the molecule is OC(COCc1ccccc1Cl)CN1CCC(c2nc3ccccc3o2)CC1. The van der Waals surface area contributed by atoms with Crippen LogP contribution in [-0.2, 0) is 11.3 Å². The van der Waals surface area contributed by atoms with E-state index in [1.807, 2.05) is 48.5 Å². The zero-order valence-electron chi connectivity index (χ0n) is 15.8. The van der Waals surface area contributed by atoms with Gasteiger partial charge in [0.1, 0.15) is 5.52 Å². The molecule has 0 radical (unpaired) electrons. The molecule has 0 amide bonds. The van der Waals surface area contributed by atoms with E-state index < -0.39 is 6.10 Å². The highest BCUT2D eigenvalue weighted by atomic mass is 35.5. The van der Waals surface area contributed by atoms with Gasteiger partial charge in [-0.1, -0.05) is 41.9 Å². The molecule has 0 saturated carbocycles. The number of aromatic nitrogens is 1. The van der Waals surface area contributed by atoms with Crippen LogP contribution >= 0.6 is 11.6 Å². The minimum atomic E-state index is -0.511. The maximum atomic E-state index is 10.3. The second kappa shape index (κ2) is 9.05. The lowest BCUT2D eigenvalue weighted by molar-refractivity contribution is 0.00585. The number of fused-ring (bicyclic) bond motifs is 1. The van der Waals surface area contributed by atoms with E-state index in [0.717, 1.165) is 48.5 Å². The lowest BCUT2D eigenvalue weighted by atomic mass is 9.96. The molecule has 1 saturated heterocycles. The summed E-state index contributed by atoms with van der Waals surface area (Å²) in [7, 11) is 0. The molecule has 148 valence electrons. The maximum absolute atomic E-state index is 10.3. The normalized spacial score (nSPS) is 17.2. The van der Waals surface area contributed by atoms with Crippen LogP contribution in [0.2, 0.25) is 5.02 Å². The fourth-order valence-corrected chi connectivity index (χ4v) is 3.89. The van der Waals surface area contributed by atoms with Gasteiger partial charge in [0, 0.05) is 17.5 Å². The van der Waals surface area contributed by atoms with Crippen LogP contribution < -0.4 is 0 Å². The van der Waals surface area contributed by atoms with E-state index in [1.54, 1.807) is 0 Å². The molecule has 0 bridgehead atoms. The Morgan fingerprint density at radius 3 is 2.68 bits per heavy atom. The second-order valence-electron chi connectivity index (χ2n) is 7.36. The number of piperidine rings is 1. The zero-order chi connectivity index (χ0) is 19.3. The number of β-amino-alcohol motifs (C(OH)–C–C–N with tert-alkyl or cyclic N) is 1. The van der Waals surface area contributed by atoms with Gasteiger partial charge in [-0.3, -0.25) is 0 Å². The third-order valence-corrected chi connectivity index (χ3v) is 5.61. The molecule has 1 aliphatic heterocycles. The number of ether oxygens (including phenoxy) is 1. The predicted octanol–water partition coefficient (Wildman–Crippen LogP) is 4.24. The van der Waals surface area contributed by atoms with Crippen LogP contribution in [0.1, 0.15) is 30.2 Å². The Bertz CT molecular complexity index is 872. The lowest BCUT2D eigenvalue weighted by Gasteiger charge is -2.31. The number of oxazole rings is 1. The quantitative estimate of drug-likeness (QED) is 0.642. The molecule has 2 heterocycles. The minimum absolute atomic E-state index is 0.302. The monoisotopic (exact) mass is 400 g/mol. The third kappa shape index (κ3) is 4.73. The lowest BCUT2D eigenvalue weighted by Crippen LogP contribution is -2.39. The molecule has 3 aromatic rings. The standard InChI is InChI=1S/C22H25ClN2O3/c23-19-6-2-1-5-17(19)14-27-15-18(26)13-25-11-9-16(10-12-25)22-24-20-7-3-4-8-21(20)28-22/h1-8,16,18,26H,9-15H2. The van der Waals surface area contributed by atoms with Crippen molar-refractivity contribution < 1.29 is 14.3 Å². The zero-order valence-corrected chi connectivity index (χ0v) is 16.5. The number of likely N-dealkylation sites (tertiary alicyclic amines) is 1. The van der Waals surface area contributed by atoms with Crippen LogP contribution in [0.25, 0.3) is 11.1 Å². The van der Waals surface area contributed by atoms with E-state index in [0.29, 0.717) is 30.7 Å². The number of rotatable bonds is 7. The van der Waals surface area contributed by atoms with Gasteiger partial charge >= 0.3 is 0 Å². The third-order valence-electron chi connectivity index (χ3n) is 5.24. The molecule has 1 N–H and O–H groups in total. The van der Waals surface area contributed by atoms with Gasteiger partial charge in [0.15, 0.2) is 11.5 Å². The summed E-state index contributed by atoms with van der Waals surface area (Å²) in [5.41, 5.74) is 2.72. The van der Waals surface area contributed by atoms with E-state index in [2.05, 4.69) is 9.88 Å². The molecule has 1 aliphatic rings. The van der Waals surface area contributed by atoms with Gasteiger partial charge in [0.25, 0.3) is 0 Å². The topological polar surface area (TPSA) is 58.7 Å². The maximum Gasteiger partial charge on any atom is 0.198 e. The van der Waals surface area contributed by atoms with Gasteiger partial charge in [0.05, 0.1) is 19.3 Å². The summed E-state index contributed by atoms with van der Waals surface area (Å²) in [5.74, 6) is 1.18. The summed E-state index contributed by atoms with van der Waals surface area (Å²) in [6.07, 6.45) is 1.46. The van der Waals surface area contributed by atoms with E-state index in [-0.39, 0.29) is 0 Å². The smallest absolute Gasteiger partial charge is 0.198 e. The first kappa shape index (κ1) is 19.4. The van der Waals surface area contributed by atoms with E-state index >= 15 is 0 Å². The first-order valence-electron chi connectivity index (χ1n) is 9.76. The van der Waals surface area contributed by atoms with Crippen LogP contribution in [0.5, 0.6) is 0 Å². The van der Waals surface area contributed by atoms with Crippen molar-refractivity contribution in [1.29, 1.82) is 0 Å². The first-order valence-corrected chi connectivity index (χ1v) is 10.1. The molecule has 0 aliphatic carbocycles. The van der Waals surface area contributed by atoms with Crippen molar-refractivity contribution in [3.05, 3.63) is 65.0 Å². The van der Waals surface area contributed by atoms with Gasteiger partial charge in [0.2, 0.25) is 0 Å². The summed E-state index contributed by atoms with van der Waals surface area (Å²) in [5, 5.41) is 11.0. The molecule has 1 aromatic heterocycles. The van der Waals surface area contributed by atoms with Crippen molar-refractivity contribution in [1.82, 2.24) is 9.88 Å². The minimum Gasteiger partial charge on any atom is -0.440 e. The molecular formula is C22H25ClN2O3. The van der Waals surface area contributed by atoms with Crippen LogP contribution in [0.3, 0.4) is 0 Å². The second-order valence-corrected chi connectivity index (χ2v) is 7.76. The summed E-state index contributed by atoms with van der Waals surface area (Å²) >= 11 is 6.12. The average Bonchev–Trinajstić information content (AvgIpc) is 3.14. The summed E-state index contributed by atoms with van der Waals surface area (Å²) in [6.45, 7) is 3.17. The number of nitrogens with zero attached hydrogens (tertiary/aromatic N) is 2. The van der Waals surface area contributed by atoms with E-state index in [4.69, 9.17) is 20.8 Å². The van der Waals surface area contributed by atoms with Crippen molar-refractivity contribution in [3.8, 4) is 0 Å². The molecule has 1 atom stereocenters. The molecule has 4 rings (SSSR count). The molecule has 1 fully saturated rings. The molecule has 1 unspecified atom stereocenters. The van der Waals surface area contributed by atoms with Gasteiger partial charge in [-0.15, -0.1) is 0 Å². The Morgan fingerprint density at radius 2 is 1.89 bits per heavy atom. The van der Waals surface area contributed by atoms with Crippen molar-refractivity contribution >= 4 is 22.7 Å². The van der Waals surface area contributed by atoms with Crippen LogP contribution in [0, 0.1) is 0 Å². The molecule has 0 spiro atoms. The summed E-state index contributed by atoms with van der Waals surface area (Å²) < 4.78 is 11.6. The Morgan fingerprint density at radius 1 is 1.14 bits per heavy atom. The van der Waals surface area contributed by atoms with E-state index in [9.17, 15) is 5.11 Å². The van der Waals surface area contributed by atoms with Crippen molar-refractivity contribution in [2.45, 2.75) is 31.5 Å². The van der Waals surface area contributed by atoms with Crippen LogP contribution in [0.4, 0.5) is 0 Å². The molecule has 6 heteroatoms. The largest absolute Gasteiger partial charge is 0.440 e. The highest BCUT2D eigenvalue weighted by Gasteiger charge is 2.25. The predicted molar refractivity (Wildman–Crippen MR) is 110 cm³/mol. The Kier molecular flexibility index (Phi) is 6.27. The fourth-order valence-electron chi connectivity index (χ4n) is 3.70. The number of halogens is 1. The molecule has 2 aromatic carbocycles. The molecule has 5 nitrogen and oxygen atoms in total. The van der Waals surface area contributed by atoms with Crippen LogP contribution in [-0.4, -0.2) is 47.3 Å². The Labute approximate surface area is 169 Å². The number of benzene rings is 2. The summed E-state index contributed by atoms with van der Waals surface area (Å²) in [6, 6.07) is 15.5. The van der Waals surface area contributed by atoms with Gasteiger partial charge in [-0.05, 0) is 49.7 Å². The first-order chi connectivity index (χ1) is 13.7. The van der Waals surface area contributed by atoms with Crippen LogP contribution in [0.15, 0.2) is 52.9 Å². The average molecular weight is 401 g/mol. The molecular weight excluding hydrogens is 376 g/mol. The van der Waals surface area contributed by atoms with Gasteiger partial charge in [-0.2, -0.15) is 0 Å². The van der Waals surface area contributed by atoms with Crippen molar-refractivity contribution in [3.63, 3.8) is 0 Å². The Hall–Kier alpha value is -1.92. The number of aliphatic hydroxyl groups excluding tert-OH is 1. The number of aliphatic hydroxyl groups is 1. The molecule has 28 heavy (non-hydrogen) atoms. The highest BCUT2D eigenvalue weighted by molar-refractivity contribution is 6.31. The van der Waals surface area contributed by atoms with Gasteiger partial charge < -0.3 is 19.2 Å².